The number of carbonyl (C=O) groups is 3. The number of carbonyl (C=O) groups excluding carboxylic acids is 3. The van der Waals surface area contributed by atoms with Gasteiger partial charge in [0.05, 0.1) is 16.9 Å². The van der Waals surface area contributed by atoms with E-state index in [4.69, 9.17) is 4.74 Å². The highest BCUT2D eigenvalue weighted by Crippen LogP contribution is 2.29. The predicted octanol–water partition coefficient (Wildman–Crippen LogP) is 3.93. The number of pyridine rings is 1. The SMILES string of the molecule is CN(CCNC(=O)NNC(=O)c1cn2ccnc2c(F)c1Nc1ccc(Br)cc1F)C(=O)OC(C)(C)C. The van der Waals surface area contributed by atoms with E-state index in [0.29, 0.717) is 4.47 Å². The largest absolute Gasteiger partial charge is 0.444 e. The molecule has 4 amide bonds. The van der Waals surface area contributed by atoms with Crippen LogP contribution in [0.3, 0.4) is 0 Å². The Hall–Kier alpha value is -3.94. The summed E-state index contributed by atoms with van der Waals surface area (Å²) in [7, 11) is 1.51. The first-order valence-corrected chi connectivity index (χ1v) is 11.8. The van der Waals surface area contributed by atoms with Gasteiger partial charge in [-0.15, -0.1) is 0 Å². The second-order valence-corrected chi connectivity index (χ2v) is 9.79. The lowest BCUT2D eigenvalue weighted by atomic mass is 10.2. The van der Waals surface area contributed by atoms with Gasteiger partial charge in [-0.3, -0.25) is 10.2 Å². The normalized spacial score (nSPS) is 11.1. The summed E-state index contributed by atoms with van der Waals surface area (Å²) >= 11 is 3.15. The third-order valence-corrected chi connectivity index (χ3v) is 5.28. The molecule has 2 heterocycles. The lowest BCUT2D eigenvalue weighted by molar-refractivity contribution is 0.0301. The van der Waals surface area contributed by atoms with Crippen LogP contribution in [0.1, 0.15) is 31.1 Å². The van der Waals surface area contributed by atoms with Crippen molar-refractivity contribution in [1.29, 1.82) is 0 Å². The number of hydrazine groups is 1. The zero-order valence-electron chi connectivity index (χ0n) is 20.5. The highest BCUT2D eigenvalue weighted by atomic mass is 79.9. The van der Waals surface area contributed by atoms with Gasteiger partial charge in [-0.1, -0.05) is 15.9 Å². The molecule has 0 bridgehead atoms. The Balaban J connectivity index is 1.66. The first kappa shape index (κ1) is 27.6. The van der Waals surface area contributed by atoms with Crippen molar-refractivity contribution in [1.82, 2.24) is 30.5 Å². The lowest BCUT2D eigenvalue weighted by Gasteiger charge is -2.24. The van der Waals surface area contributed by atoms with Gasteiger partial charge in [0, 0.05) is 43.2 Å². The summed E-state index contributed by atoms with van der Waals surface area (Å²) in [5.74, 6) is -2.46. The Bertz CT molecular complexity index is 1330. The number of fused-ring (bicyclic) bond motifs is 1. The zero-order chi connectivity index (χ0) is 27.3. The van der Waals surface area contributed by atoms with Crippen LogP contribution in [0.15, 0.2) is 41.3 Å². The number of rotatable bonds is 6. The molecule has 0 aliphatic heterocycles. The standard InChI is InChI=1S/C23H26BrF2N7O4/c1-23(2,3)37-22(36)32(4)9-7-28-21(35)31-30-20(34)14-12-33-10-8-27-19(33)17(26)18(14)29-16-6-5-13(24)11-15(16)25/h5-6,8,10-12,29H,7,9H2,1-4H3,(H,30,34)(H2,28,31,35). The van der Waals surface area contributed by atoms with Gasteiger partial charge in [0.2, 0.25) is 0 Å². The van der Waals surface area contributed by atoms with Crippen molar-refractivity contribution in [2.45, 2.75) is 26.4 Å². The predicted molar refractivity (Wildman–Crippen MR) is 135 cm³/mol. The second kappa shape index (κ2) is 11.4. The van der Waals surface area contributed by atoms with Crippen molar-refractivity contribution >= 4 is 51.0 Å². The highest BCUT2D eigenvalue weighted by molar-refractivity contribution is 9.10. The van der Waals surface area contributed by atoms with Crippen molar-refractivity contribution in [2.75, 3.05) is 25.5 Å². The number of hydrogen-bond acceptors (Lipinski definition) is 6. The monoisotopic (exact) mass is 581 g/mol. The van der Waals surface area contributed by atoms with E-state index >= 15 is 4.39 Å². The van der Waals surface area contributed by atoms with E-state index in [1.807, 2.05) is 0 Å². The van der Waals surface area contributed by atoms with Gasteiger partial charge in [0.15, 0.2) is 11.5 Å². The van der Waals surface area contributed by atoms with E-state index in [2.05, 4.69) is 42.4 Å². The fraction of sp³-hybridized carbons (Fsp3) is 0.304. The molecular formula is C23H26BrF2N7O4. The number of likely N-dealkylation sites (N-methyl/N-ethyl adjacent to an activating group) is 1. The van der Waals surface area contributed by atoms with Gasteiger partial charge in [0.25, 0.3) is 5.91 Å². The molecule has 0 radical (unpaired) electrons. The van der Waals surface area contributed by atoms with Crippen molar-refractivity contribution in [3.63, 3.8) is 0 Å². The summed E-state index contributed by atoms with van der Waals surface area (Å²) < 4.78 is 36.6. The van der Waals surface area contributed by atoms with Gasteiger partial charge in [0.1, 0.15) is 11.4 Å². The quantitative estimate of drug-likeness (QED) is 0.326. The van der Waals surface area contributed by atoms with Crippen LogP contribution in [0.5, 0.6) is 0 Å². The molecule has 14 heteroatoms. The summed E-state index contributed by atoms with van der Waals surface area (Å²) in [5, 5.41) is 5.07. The highest BCUT2D eigenvalue weighted by Gasteiger charge is 2.22. The lowest BCUT2D eigenvalue weighted by Crippen LogP contribution is -2.48. The molecule has 3 aromatic rings. The van der Waals surface area contributed by atoms with Crippen molar-refractivity contribution in [2.24, 2.45) is 0 Å². The number of hydrogen-bond donors (Lipinski definition) is 4. The number of urea groups is 1. The number of ether oxygens (including phenoxy) is 1. The summed E-state index contributed by atoms with van der Waals surface area (Å²) in [5.41, 5.74) is 2.95. The van der Waals surface area contributed by atoms with E-state index < -0.39 is 35.3 Å². The van der Waals surface area contributed by atoms with Gasteiger partial charge in [-0.05, 0) is 39.0 Å². The minimum Gasteiger partial charge on any atom is -0.444 e. The maximum Gasteiger partial charge on any atom is 0.410 e. The number of nitrogens with zero attached hydrogens (tertiary/aromatic N) is 3. The average molecular weight is 582 g/mol. The third-order valence-electron chi connectivity index (χ3n) is 4.78. The van der Waals surface area contributed by atoms with Gasteiger partial charge >= 0.3 is 12.1 Å². The average Bonchev–Trinajstić information content (AvgIpc) is 3.28. The van der Waals surface area contributed by atoms with Crippen LogP contribution in [0.25, 0.3) is 5.65 Å². The van der Waals surface area contributed by atoms with E-state index in [1.165, 1.54) is 47.1 Å². The molecule has 3 rings (SSSR count). The molecule has 198 valence electrons. The summed E-state index contributed by atoms with van der Waals surface area (Å²) in [4.78, 5) is 42.1. The van der Waals surface area contributed by atoms with Gasteiger partial charge in [-0.25, -0.2) is 28.8 Å². The first-order valence-electron chi connectivity index (χ1n) is 11.0. The molecule has 0 fully saturated rings. The topological polar surface area (TPSA) is 129 Å². The summed E-state index contributed by atoms with van der Waals surface area (Å²) in [6, 6.07) is 3.32. The van der Waals surface area contributed by atoms with E-state index in [9.17, 15) is 18.8 Å². The van der Waals surface area contributed by atoms with Crippen LogP contribution >= 0.6 is 15.9 Å². The smallest absolute Gasteiger partial charge is 0.410 e. The number of imidazole rings is 1. The maximum atomic E-state index is 15.2. The molecule has 0 unspecified atom stereocenters. The summed E-state index contributed by atoms with van der Waals surface area (Å²) in [6.07, 6.45) is 3.50. The van der Waals surface area contributed by atoms with Crippen LogP contribution in [0, 0.1) is 11.6 Å². The van der Waals surface area contributed by atoms with Crippen LogP contribution in [0.2, 0.25) is 0 Å². The van der Waals surface area contributed by atoms with E-state index in [0.717, 1.165) is 0 Å². The van der Waals surface area contributed by atoms with Crippen LogP contribution in [-0.2, 0) is 4.74 Å². The molecule has 0 saturated carbocycles. The van der Waals surface area contributed by atoms with Crippen LogP contribution in [0.4, 0.5) is 29.7 Å². The third kappa shape index (κ3) is 7.29. The minimum absolute atomic E-state index is 0.0583. The number of amides is 4. The number of halogens is 3. The van der Waals surface area contributed by atoms with Crippen LogP contribution < -0.4 is 21.5 Å². The Morgan fingerprint density at radius 2 is 1.92 bits per heavy atom. The van der Waals surface area contributed by atoms with Crippen molar-refractivity contribution < 1.29 is 27.9 Å². The summed E-state index contributed by atoms with van der Waals surface area (Å²) in [6.45, 7) is 5.41. The van der Waals surface area contributed by atoms with Crippen LogP contribution in [-0.4, -0.2) is 58.1 Å². The number of anilines is 2. The Morgan fingerprint density at radius 3 is 2.59 bits per heavy atom. The molecule has 0 atom stereocenters. The zero-order valence-corrected chi connectivity index (χ0v) is 22.1. The molecule has 0 aliphatic rings. The fourth-order valence-electron chi connectivity index (χ4n) is 3.03. The van der Waals surface area contributed by atoms with E-state index in [-0.39, 0.29) is 35.7 Å². The van der Waals surface area contributed by atoms with Crippen molar-refractivity contribution in [3.05, 3.63) is 58.5 Å². The number of aromatic nitrogens is 2. The Kier molecular flexibility index (Phi) is 8.53. The second-order valence-electron chi connectivity index (χ2n) is 8.88. The van der Waals surface area contributed by atoms with Gasteiger partial charge in [-0.2, -0.15) is 0 Å². The molecular weight excluding hydrogens is 556 g/mol. The number of benzene rings is 1. The van der Waals surface area contributed by atoms with Gasteiger partial charge < -0.3 is 24.7 Å². The molecule has 1 aromatic carbocycles. The Morgan fingerprint density at radius 1 is 1.19 bits per heavy atom. The molecule has 0 spiro atoms. The molecule has 37 heavy (non-hydrogen) atoms. The molecule has 2 aromatic heterocycles. The van der Waals surface area contributed by atoms with E-state index in [1.54, 1.807) is 26.8 Å². The maximum absolute atomic E-state index is 15.2. The fourth-order valence-corrected chi connectivity index (χ4v) is 3.37. The molecule has 11 nitrogen and oxygen atoms in total. The molecule has 0 saturated heterocycles. The number of nitrogens with one attached hydrogen (secondary N) is 4. The molecule has 4 N–H and O–H groups in total. The first-order chi connectivity index (χ1) is 17.4. The Labute approximate surface area is 219 Å². The van der Waals surface area contributed by atoms with Crippen molar-refractivity contribution in [3.8, 4) is 0 Å². The molecule has 0 aliphatic carbocycles. The minimum atomic E-state index is -0.894.